The van der Waals surface area contributed by atoms with Gasteiger partial charge in [-0.2, -0.15) is 0 Å². The average Bonchev–Trinajstić information content (AvgIpc) is 2.90. The van der Waals surface area contributed by atoms with Crippen LogP contribution in [0.5, 0.6) is 5.75 Å². The molecule has 0 unspecified atom stereocenters. The summed E-state index contributed by atoms with van der Waals surface area (Å²) in [5.41, 5.74) is 1.89. The molecule has 3 rings (SSSR count). The molecule has 3 aromatic rings. The van der Waals surface area contributed by atoms with Crippen LogP contribution in [0.4, 0.5) is 5.69 Å². The molecule has 0 aromatic heterocycles. The number of ether oxygens (including phenoxy) is 1. The van der Waals surface area contributed by atoms with Crippen LogP contribution in [0, 0.1) is 6.92 Å². The first-order chi connectivity index (χ1) is 18.1. The summed E-state index contributed by atoms with van der Waals surface area (Å²) in [6, 6.07) is 18.9. The van der Waals surface area contributed by atoms with Crippen molar-refractivity contribution in [3.05, 3.63) is 88.9 Å². The van der Waals surface area contributed by atoms with Crippen molar-refractivity contribution in [2.24, 2.45) is 0 Å². The molecule has 3 aromatic carbocycles. The number of rotatable bonds is 11. The van der Waals surface area contributed by atoms with Crippen molar-refractivity contribution < 1.29 is 22.7 Å². The van der Waals surface area contributed by atoms with Crippen molar-refractivity contribution >= 4 is 39.1 Å². The summed E-state index contributed by atoms with van der Waals surface area (Å²) < 4.78 is 33.8. The zero-order valence-electron chi connectivity index (χ0n) is 21.8. The van der Waals surface area contributed by atoms with Crippen molar-refractivity contribution in [2.45, 2.75) is 38.3 Å². The minimum Gasteiger partial charge on any atom is -0.497 e. The molecule has 1 N–H and O–H groups in total. The molecule has 38 heavy (non-hydrogen) atoms. The summed E-state index contributed by atoms with van der Waals surface area (Å²) in [6.07, 6.45) is 0. The molecule has 0 bridgehead atoms. The summed E-state index contributed by atoms with van der Waals surface area (Å²) in [7, 11) is -2.59. The molecule has 8 nitrogen and oxygen atoms in total. The number of likely N-dealkylation sites (N-methyl/N-ethyl adjacent to an activating group) is 1. The van der Waals surface area contributed by atoms with Crippen LogP contribution in [0.3, 0.4) is 0 Å². The summed E-state index contributed by atoms with van der Waals surface area (Å²) in [5, 5.41) is 3.06. The van der Waals surface area contributed by atoms with Gasteiger partial charge in [-0.3, -0.25) is 13.9 Å². The fraction of sp³-hybridized carbons (Fsp3) is 0.286. The Labute approximate surface area is 229 Å². The summed E-state index contributed by atoms with van der Waals surface area (Å²) in [6.45, 7) is 5.21. The van der Waals surface area contributed by atoms with E-state index in [0.717, 1.165) is 15.4 Å². The lowest BCUT2D eigenvalue weighted by Crippen LogP contribution is -2.51. The van der Waals surface area contributed by atoms with Crippen molar-refractivity contribution in [3.63, 3.8) is 0 Å². The van der Waals surface area contributed by atoms with E-state index in [1.165, 1.54) is 23.1 Å². The first-order valence-corrected chi connectivity index (χ1v) is 13.9. The van der Waals surface area contributed by atoms with Crippen LogP contribution in [0.25, 0.3) is 0 Å². The zero-order chi connectivity index (χ0) is 27.9. The number of carbonyl (C=O) groups excluding carboxylic acids is 2. The Morgan fingerprint density at radius 1 is 1.03 bits per heavy atom. The van der Waals surface area contributed by atoms with Gasteiger partial charge in [0.15, 0.2) is 0 Å². The maximum Gasteiger partial charge on any atom is 0.264 e. The fourth-order valence-electron chi connectivity index (χ4n) is 3.83. The van der Waals surface area contributed by atoms with E-state index in [9.17, 15) is 18.0 Å². The number of halogens is 1. The highest BCUT2D eigenvalue weighted by atomic mass is 35.5. The van der Waals surface area contributed by atoms with E-state index in [1.807, 2.05) is 6.92 Å². The standard InChI is InChI=1S/C28H32ClN3O5S/c1-5-30-28(34)21(3)31(18-22-11-13-25(37-4)14-12-22)27(33)19-32(24-8-6-7-23(29)17-24)38(35,36)26-15-9-20(2)10-16-26/h6-17,21H,5,18-19H2,1-4H3,(H,30,34)/t21-/m0/s1. The first kappa shape index (κ1) is 29.0. The van der Waals surface area contributed by atoms with Gasteiger partial charge in [0.25, 0.3) is 10.0 Å². The molecule has 202 valence electrons. The predicted molar refractivity (Wildman–Crippen MR) is 149 cm³/mol. The van der Waals surface area contributed by atoms with Crippen LogP contribution in [-0.2, 0) is 26.2 Å². The summed E-state index contributed by atoms with van der Waals surface area (Å²) in [4.78, 5) is 28.0. The Morgan fingerprint density at radius 2 is 1.68 bits per heavy atom. The number of nitrogens with zero attached hydrogens (tertiary/aromatic N) is 2. The molecule has 0 radical (unpaired) electrons. The number of carbonyl (C=O) groups is 2. The number of hydrogen-bond acceptors (Lipinski definition) is 5. The van der Waals surface area contributed by atoms with Gasteiger partial charge >= 0.3 is 0 Å². The van der Waals surface area contributed by atoms with Crippen LogP contribution < -0.4 is 14.4 Å². The number of methoxy groups -OCH3 is 1. The third-order valence-corrected chi connectivity index (χ3v) is 8.04. The molecule has 2 amide bonds. The maximum absolute atomic E-state index is 13.8. The molecule has 0 aliphatic carbocycles. The van der Waals surface area contributed by atoms with E-state index in [2.05, 4.69) is 5.32 Å². The lowest BCUT2D eigenvalue weighted by molar-refractivity contribution is -0.139. The monoisotopic (exact) mass is 557 g/mol. The van der Waals surface area contributed by atoms with E-state index < -0.39 is 28.5 Å². The quantitative estimate of drug-likeness (QED) is 0.377. The molecular weight excluding hydrogens is 526 g/mol. The van der Waals surface area contributed by atoms with Gasteiger partial charge in [-0.15, -0.1) is 0 Å². The summed E-state index contributed by atoms with van der Waals surface area (Å²) in [5.74, 6) is -0.236. The smallest absolute Gasteiger partial charge is 0.264 e. The molecule has 0 fully saturated rings. The number of sulfonamides is 1. The number of anilines is 1. The molecule has 0 heterocycles. The van der Waals surface area contributed by atoms with Crippen LogP contribution in [-0.4, -0.2) is 51.4 Å². The summed E-state index contributed by atoms with van der Waals surface area (Å²) >= 11 is 6.18. The fourth-order valence-corrected chi connectivity index (χ4v) is 5.42. The van der Waals surface area contributed by atoms with Gasteiger partial charge < -0.3 is 15.0 Å². The van der Waals surface area contributed by atoms with Gasteiger partial charge in [-0.25, -0.2) is 8.42 Å². The molecular formula is C28H32ClN3O5S. The minimum absolute atomic E-state index is 0.0364. The van der Waals surface area contributed by atoms with Gasteiger partial charge in [0.2, 0.25) is 11.8 Å². The Balaban J connectivity index is 2.02. The molecule has 0 aliphatic heterocycles. The van der Waals surface area contributed by atoms with E-state index in [1.54, 1.807) is 75.6 Å². The number of nitrogens with one attached hydrogen (secondary N) is 1. The van der Waals surface area contributed by atoms with Crippen LogP contribution in [0.1, 0.15) is 25.0 Å². The Kier molecular flexibility index (Phi) is 9.77. The van der Waals surface area contributed by atoms with Gasteiger partial charge in [-0.1, -0.05) is 47.5 Å². The molecule has 0 aliphatic rings. The largest absolute Gasteiger partial charge is 0.497 e. The predicted octanol–water partition coefficient (Wildman–Crippen LogP) is 4.41. The highest BCUT2D eigenvalue weighted by Crippen LogP contribution is 2.27. The van der Waals surface area contributed by atoms with Crippen LogP contribution in [0.15, 0.2) is 77.7 Å². The van der Waals surface area contributed by atoms with Gasteiger partial charge in [0.05, 0.1) is 17.7 Å². The Bertz CT molecular complexity index is 1360. The number of amides is 2. The van der Waals surface area contributed by atoms with Crippen molar-refractivity contribution in [2.75, 3.05) is 24.5 Å². The normalized spacial score (nSPS) is 11.9. The molecule has 1 atom stereocenters. The Hall–Kier alpha value is -3.56. The van der Waals surface area contributed by atoms with Crippen molar-refractivity contribution in [3.8, 4) is 5.75 Å². The lowest BCUT2D eigenvalue weighted by atomic mass is 10.1. The zero-order valence-corrected chi connectivity index (χ0v) is 23.4. The topological polar surface area (TPSA) is 96.0 Å². The number of hydrogen-bond donors (Lipinski definition) is 1. The molecule has 10 heteroatoms. The van der Waals surface area contributed by atoms with E-state index in [0.29, 0.717) is 17.3 Å². The minimum atomic E-state index is -4.14. The van der Waals surface area contributed by atoms with Crippen LogP contribution >= 0.6 is 11.6 Å². The first-order valence-electron chi connectivity index (χ1n) is 12.1. The highest BCUT2D eigenvalue weighted by Gasteiger charge is 2.32. The van der Waals surface area contributed by atoms with E-state index in [4.69, 9.17) is 16.3 Å². The highest BCUT2D eigenvalue weighted by molar-refractivity contribution is 7.92. The van der Waals surface area contributed by atoms with E-state index in [-0.39, 0.29) is 23.0 Å². The second kappa shape index (κ2) is 12.8. The molecule has 0 saturated heterocycles. The van der Waals surface area contributed by atoms with Gasteiger partial charge in [-0.05, 0) is 68.8 Å². The lowest BCUT2D eigenvalue weighted by Gasteiger charge is -2.32. The molecule has 0 spiro atoms. The van der Waals surface area contributed by atoms with E-state index >= 15 is 0 Å². The third-order valence-electron chi connectivity index (χ3n) is 6.01. The van der Waals surface area contributed by atoms with Gasteiger partial charge in [0.1, 0.15) is 18.3 Å². The van der Waals surface area contributed by atoms with Crippen LogP contribution in [0.2, 0.25) is 5.02 Å². The number of aryl methyl sites for hydroxylation is 1. The maximum atomic E-state index is 13.8. The SMILES string of the molecule is CCNC(=O)[C@H](C)N(Cc1ccc(OC)cc1)C(=O)CN(c1cccc(Cl)c1)S(=O)(=O)c1ccc(C)cc1. The van der Waals surface area contributed by atoms with Crippen molar-refractivity contribution in [1.29, 1.82) is 0 Å². The van der Waals surface area contributed by atoms with Gasteiger partial charge in [0, 0.05) is 18.1 Å². The Morgan fingerprint density at radius 3 is 2.26 bits per heavy atom. The second-order valence-corrected chi connectivity index (χ2v) is 11.0. The number of benzene rings is 3. The average molecular weight is 558 g/mol. The molecule has 0 saturated carbocycles. The third kappa shape index (κ3) is 7.05. The second-order valence-electron chi connectivity index (χ2n) is 8.74. The van der Waals surface area contributed by atoms with Crippen molar-refractivity contribution in [1.82, 2.24) is 10.2 Å².